The SMILES string of the molecule is CC(C)C[C@H](NC(=O)[C@H](Cc1ccccc1)NC(=O)OCc1ccccc1)C(=O)Nc1ccc([N+](=O)[O-])cc1. The number of rotatable bonds is 12. The topological polar surface area (TPSA) is 140 Å². The van der Waals surface area contributed by atoms with Crippen LogP contribution in [0.15, 0.2) is 84.9 Å². The molecule has 3 N–H and O–H groups in total. The number of amides is 3. The standard InChI is InChI=1S/C29H32N4O6/c1-20(2)17-25(27(34)30-23-13-15-24(16-14-23)33(37)38)31-28(35)26(18-21-9-5-3-6-10-21)32-29(36)39-19-22-11-7-4-8-12-22/h3-16,20,25-26H,17-19H2,1-2H3,(H,30,34)(H,31,35)(H,32,36)/t25-,26-/m0/s1. The summed E-state index contributed by atoms with van der Waals surface area (Å²) in [5, 5.41) is 19.0. The van der Waals surface area contributed by atoms with Gasteiger partial charge in [0.05, 0.1) is 4.92 Å². The fraction of sp³-hybridized carbons (Fsp3) is 0.276. The Balaban J connectivity index is 1.71. The van der Waals surface area contributed by atoms with E-state index in [0.29, 0.717) is 12.1 Å². The Morgan fingerprint density at radius 1 is 0.795 bits per heavy atom. The molecule has 0 aliphatic rings. The Morgan fingerprint density at radius 3 is 1.95 bits per heavy atom. The third kappa shape index (κ3) is 9.58. The number of ether oxygens (including phenoxy) is 1. The summed E-state index contributed by atoms with van der Waals surface area (Å²) in [4.78, 5) is 49.4. The van der Waals surface area contributed by atoms with E-state index >= 15 is 0 Å². The van der Waals surface area contributed by atoms with Gasteiger partial charge in [0.15, 0.2) is 0 Å². The van der Waals surface area contributed by atoms with Gasteiger partial charge in [-0.3, -0.25) is 19.7 Å². The minimum absolute atomic E-state index is 0.0416. The fourth-order valence-electron chi connectivity index (χ4n) is 3.84. The largest absolute Gasteiger partial charge is 0.445 e. The van der Waals surface area contributed by atoms with Crippen LogP contribution in [0.25, 0.3) is 0 Å². The molecule has 3 amide bonds. The van der Waals surface area contributed by atoms with Gasteiger partial charge in [-0.25, -0.2) is 4.79 Å². The van der Waals surface area contributed by atoms with Crippen LogP contribution in [0.4, 0.5) is 16.2 Å². The molecule has 0 bridgehead atoms. The molecule has 39 heavy (non-hydrogen) atoms. The Bertz CT molecular complexity index is 1250. The molecule has 0 aliphatic carbocycles. The van der Waals surface area contributed by atoms with Crippen molar-refractivity contribution < 1.29 is 24.0 Å². The number of anilines is 1. The van der Waals surface area contributed by atoms with Crippen molar-refractivity contribution in [2.75, 3.05) is 5.32 Å². The number of carbonyl (C=O) groups is 3. The number of carbonyl (C=O) groups excluding carboxylic acids is 3. The maximum atomic E-state index is 13.4. The summed E-state index contributed by atoms with van der Waals surface area (Å²) in [6, 6.07) is 21.9. The molecular weight excluding hydrogens is 500 g/mol. The van der Waals surface area contributed by atoms with Gasteiger partial charge in [0.2, 0.25) is 11.8 Å². The molecule has 0 saturated carbocycles. The van der Waals surface area contributed by atoms with Crippen molar-refractivity contribution in [2.24, 2.45) is 5.92 Å². The van der Waals surface area contributed by atoms with E-state index in [1.54, 1.807) is 0 Å². The van der Waals surface area contributed by atoms with Gasteiger partial charge < -0.3 is 20.7 Å². The summed E-state index contributed by atoms with van der Waals surface area (Å²) in [6.45, 7) is 3.87. The smallest absolute Gasteiger partial charge is 0.408 e. The maximum absolute atomic E-state index is 13.4. The normalized spacial score (nSPS) is 12.2. The molecule has 0 aromatic heterocycles. The van der Waals surface area contributed by atoms with Crippen molar-refractivity contribution >= 4 is 29.3 Å². The van der Waals surface area contributed by atoms with E-state index in [-0.39, 0.29) is 24.6 Å². The van der Waals surface area contributed by atoms with Gasteiger partial charge in [-0.05, 0) is 35.6 Å². The van der Waals surface area contributed by atoms with Gasteiger partial charge in [0, 0.05) is 24.2 Å². The van der Waals surface area contributed by atoms with Crippen LogP contribution < -0.4 is 16.0 Å². The molecular formula is C29H32N4O6. The quantitative estimate of drug-likeness (QED) is 0.230. The van der Waals surface area contributed by atoms with E-state index in [2.05, 4.69) is 16.0 Å². The zero-order chi connectivity index (χ0) is 28.2. The highest BCUT2D eigenvalue weighted by molar-refractivity contribution is 5.98. The number of nitrogens with one attached hydrogen (secondary N) is 3. The summed E-state index contributed by atoms with van der Waals surface area (Å²) in [6.07, 6.45) is -0.238. The van der Waals surface area contributed by atoms with Crippen molar-refractivity contribution in [3.63, 3.8) is 0 Å². The Labute approximate surface area is 226 Å². The van der Waals surface area contributed by atoms with Crippen molar-refractivity contribution in [3.05, 3.63) is 106 Å². The minimum atomic E-state index is -1.00. The first-order chi connectivity index (χ1) is 18.7. The molecule has 0 unspecified atom stereocenters. The summed E-state index contributed by atoms with van der Waals surface area (Å²) in [5.41, 5.74) is 1.87. The zero-order valence-corrected chi connectivity index (χ0v) is 21.8. The first kappa shape index (κ1) is 28.8. The molecule has 0 saturated heterocycles. The lowest BCUT2D eigenvalue weighted by Crippen LogP contribution is -2.53. The second-order valence-corrected chi connectivity index (χ2v) is 9.43. The third-order valence-electron chi connectivity index (χ3n) is 5.79. The number of hydrogen-bond donors (Lipinski definition) is 3. The average molecular weight is 533 g/mol. The monoisotopic (exact) mass is 532 g/mol. The van der Waals surface area contributed by atoms with E-state index in [1.807, 2.05) is 74.5 Å². The average Bonchev–Trinajstić information content (AvgIpc) is 2.92. The number of non-ortho nitro benzene ring substituents is 1. The molecule has 2 atom stereocenters. The molecule has 10 heteroatoms. The van der Waals surface area contributed by atoms with Crippen molar-refractivity contribution in [1.82, 2.24) is 10.6 Å². The van der Waals surface area contributed by atoms with Crippen LogP contribution in [0.1, 0.15) is 31.4 Å². The minimum Gasteiger partial charge on any atom is -0.445 e. The maximum Gasteiger partial charge on any atom is 0.408 e. The number of nitro benzene ring substituents is 1. The summed E-state index contributed by atoms with van der Waals surface area (Å²) >= 11 is 0. The molecule has 3 aromatic carbocycles. The lowest BCUT2D eigenvalue weighted by molar-refractivity contribution is -0.384. The van der Waals surface area contributed by atoms with E-state index in [4.69, 9.17) is 4.74 Å². The van der Waals surface area contributed by atoms with Gasteiger partial charge in [0.25, 0.3) is 5.69 Å². The Hall–Kier alpha value is -4.73. The number of benzene rings is 3. The van der Waals surface area contributed by atoms with E-state index in [9.17, 15) is 24.5 Å². The fourth-order valence-corrected chi connectivity index (χ4v) is 3.84. The Morgan fingerprint density at radius 2 is 1.38 bits per heavy atom. The highest BCUT2D eigenvalue weighted by Gasteiger charge is 2.28. The predicted octanol–water partition coefficient (Wildman–Crippen LogP) is 4.60. The zero-order valence-electron chi connectivity index (χ0n) is 21.8. The first-order valence-corrected chi connectivity index (χ1v) is 12.6. The highest BCUT2D eigenvalue weighted by Crippen LogP contribution is 2.17. The molecule has 10 nitrogen and oxygen atoms in total. The second-order valence-electron chi connectivity index (χ2n) is 9.43. The molecule has 0 fully saturated rings. The third-order valence-corrected chi connectivity index (χ3v) is 5.79. The Kier molecular flexibility index (Phi) is 10.6. The van der Waals surface area contributed by atoms with Crippen LogP contribution >= 0.6 is 0 Å². The summed E-state index contributed by atoms with van der Waals surface area (Å²) in [5.74, 6) is -0.953. The number of alkyl carbamates (subject to hydrolysis) is 1. The molecule has 0 heterocycles. The number of nitrogens with zero attached hydrogens (tertiary/aromatic N) is 1. The van der Waals surface area contributed by atoms with Gasteiger partial charge in [-0.15, -0.1) is 0 Å². The second kappa shape index (κ2) is 14.3. The van der Waals surface area contributed by atoms with E-state index < -0.39 is 34.9 Å². The van der Waals surface area contributed by atoms with Crippen molar-refractivity contribution in [2.45, 2.75) is 45.4 Å². The summed E-state index contributed by atoms with van der Waals surface area (Å²) in [7, 11) is 0. The van der Waals surface area contributed by atoms with Gasteiger partial charge in [-0.1, -0.05) is 74.5 Å². The van der Waals surface area contributed by atoms with Crippen molar-refractivity contribution in [3.8, 4) is 0 Å². The van der Waals surface area contributed by atoms with Crippen LogP contribution in [-0.2, 0) is 27.4 Å². The predicted molar refractivity (Wildman–Crippen MR) is 147 cm³/mol. The lowest BCUT2D eigenvalue weighted by atomic mass is 10.0. The van der Waals surface area contributed by atoms with Gasteiger partial charge >= 0.3 is 6.09 Å². The summed E-state index contributed by atoms with van der Waals surface area (Å²) < 4.78 is 5.31. The van der Waals surface area contributed by atoms with Crippen LogP contribution in [0, 0.1) is 16.0 Å². The van der Waals surface area contributed by atoms with Gasteiger partial charge in [0.1, 0.15) is 18.7 Å². The number of nitro groups is 1. The molecule has 0 spiro atoms. The van der Waals surface area contributed by atoms with Crippen LogP contribution in [-0.4, -0.2) is 34.9 Å². The van der Waals surface area contributed by atoms with Crippen LogP contribution in [0.2, 0.25) is 0 Å². The number of hydrogen-bond acceptors (Lipinski definition) is 6. The molecule has 0 aliphatic heterocycles. The molecule has 204 valence electrons. The molecule has 3 aromatic rings. The molecule has 0 radical (unpaired) electrons. The van der Waals surface area contributed by atoms with Gasteiger partial charge in [-0.2, -0.15) is 0 Å². The lowest BCUT2D eigenvalue weighted by Gasteiger charge is -2.24. The first-order valence-electron chi connectivity index (χ1n) is 12.6. The molecule has 3 rings (SSSR count). The van der Waals surface area contributed by atoms with Crippen LogP contribution in [0.3, 0.4) is 0 Å². The van der Waals surface area contributed by atoms with E-state index in [0.717, 1.165) is 11.1 Å². The van der Waals surface area contributed by atoms with Crippen molar-refractivity contribution in [1.29, 1.82) is 0 Å². The van der Waals surface area contributed by atoms with E-state index in [1.165, 1.54) is 24.3 Å². The van der Waals surface area contributed by atoms with Crippen LogP contribution in [0.5, 0.6) is 0 Å². The highest BCUT2D eigenvalue weighted by atomic mass is 16.6.